The SMILES string of the molecule is CC(C)(C)OC1CCCC(OCCCCN)C1. The largest absolute Gasteiger partial charge is 0.378 e. The second kappa shape index (κ2) is 7.34. The molecule has 1 aliphatic carbocycles. The van der Waals surface area contributed by atoms with Gasteiger partial charge in [-0.25, -0.2) is 0 Å². The third-order valence-electron chi connectivity index (χ3n) is 3.05. The predicted octanol–water partition coefficient (Wildman–Crippen LogP) is 2.87. The molecule has 3 heteroatoms. The number of rotatable bonds is 6. The summed E-state index contributed by atoms with van der Waals surface area (Å²) in [5.41, 5.74) is 5.43. The summed E-state index contributed by atoms with van der Waals surface area (Å²) in [5.74, 6) is 0. The normalized spacial score (nSPS) is 26.1. The zero-order valence-corrected chi connectivity index (χ0v) is 11.7. The van der Waals surface area contributed by atoms with Crippen LogP contribution in [0.4, 0.5) is 0 Å². The molecule has 0 spiro atoms. The Morgan fingerprint density at radius 2 is 1.82 bits per heavy atom. The van der Waals surface area contributed by atoms with Crippen LogP contribution in [0, 0.1) is 0 Å². The molecule has 3 nitrogen and oxygen atoms in total. The van der Waals surface area contributed by atoms with Gasteiger partial charge >= 0.3 is 0 Å². The fourth-order valence-corrected chi connectivity index (χ4v) is 2.36. The van der Waals surface area contributed by atoms with Crippen molar-refractivity contribution in [1.82, 2.24) is 0 Å². The molecule has 0 aromatic rings. The minimum atomic E-state index is -0.0356. The van der Waals surface area contributed by atoms with Crippen LogP contribution in [0.2, 0.25) is 0 Å². The van der Waals surface area contributed by atoms with E-state index in [0.717, 1.165) is 32.4 Å². The van der Waals surface area contributed by atoms with E-state index < -0.39 is 0 Å². The zero-order valence-electron chi connectivity index (χ0n) is 11.7. The van der Waals surface area contributed by atoms with E-state index in [2.05, 4.69) is 20.8 Å². The molecule has 1 rings (SSSR count). The van der Waals surface area contributed by atoms with Gasteiger partial charge < -0.3 is 15.2 Å². The minimum Gasteiger partial charge on any atom is -0.378 e. The van der Waals surface area contributed by atoms with Gasteiger partial charge in [-0.3, -0.25) is 0 Å². The van der Waals surface area contributed by atoms with Gasteiger partial charge in [-0.2, -0.15) is 0 Å². The van der Waals surface area contributed by atoms with Crippen LogP contribution in [0.25, 0.3) is 0 Å². The molecule has 2 unspecified atom stereocenters. The van der Waals surface area contributed by atoms with Crippen LogP contribution in [0.3, 0.4) is 0 Å². The number of unbranched alkanes of at least 4 members (excludes halogenated alkanes) is 1. The molecule has 2 atom stereocenters. The van der Waals surface area contributed by atoms with Gasteiger partial charge in [0.2, 0.25) is 0 Å². The lowest BCUT2D eigenvalue weighted by Crippen LogP contribution is -2.34. The zero-order chi connectivity index (χ0) is 12.7. The molecule has 0 aliphatic heterocycles. The van der Waals surface area contributed by atoms with Crippen molar-refractivity contribution in [2.75, 3.05) is 13.2 Å². The molecule has 1 aliphatic rings. The van der Waals surface area contributed by atoms with Gasteiger partial charge in [0.15, 0.2) is 0 Å². The average molecular weight is 243 g/mol. The van der Waals surface area contributed by atoms with Crippen molar-refractivity contribution in [1.29, 1.82) is 0 Å². The van der Waals surface area contributed by atoms with E-state index in [1.807, 2.05) is 0 Å². The van der Waals surface area contributed by atoms with Crippen molar-refractivity contribution in [2.24, 2.45) is 5.73 Å². The fourth-order valence-electron chi connectivity index (χ4n) is 2.36. The molecule has 0 bridgehead atoms. The smallest absolute Gasteiger partial charge is 0.0607 e. The Hall–Kier alpha value is -0.120. The van der Waals surface area contributed by atoms with Crippen molar-refractivity contribution in [2.45, 2.75) is 77.1 Å². The maximum Gasteiger partial charge on any atom is 0.0607 e. The van der Waals surface area contributed by atoms with Gasteiger partial charge in [-0.15, -0.1) is 0 Å². The molecule has 0 amide bonds. The van der Waals surface area contributed by atoms with Crippen molar-refractivity contribution in [3.05, 3.63) is 0 Å². The van der Waals surface area contributed by atoms with E-state index in [1.165, 1.54) is 19.3 Å². The Kier molecular flexibility index (Phi) is 6.45. The number of hydrogen-bond acceptors (Lipinski definition) is 3. The average Bonchev–Trinajstić information content (AvgIpc) is 2.23. The molecule has 1 fully saturated rings. The maximum atomic E-state index is 6.04. The van der Waals surface area contributed by atoms with E-state index in [-0.39, 0.29) is 5.60 Å². The minimum absolute atomic E-state index is 0.0356. The second-order valence-electron chi connectivity index (χ2n) is 6.01. The van der Waals surface area contributed by atoms with E-state index in [4.69, 9.17) is 15.2 Å². The van der Waals surface area contributed by atoms with Gasteiger partial charge in [0, 0.05) is 6.61 Å². The molecular weight excluding hydrogens is 214 g/mol. The quantitative estimate of drug-likeness (QED) is 0.730. The summed E-state index contributed by atoms with van der Waals surface area (Å²) in [6.07, 6.45) is 7.57. The first-order valence-electron chi connectivity index (χ1n) is 7.01. The van der Waals surface area contributed by atoms with Crippen LogP contribution in [0.5, 0.6) is 0 Å². The van der Waals surface area contributed by atoms with Crippen molar-refractivity contribution < 1.29 is 9.47 Å². The highest BCUT2D eigenvalue weighted by molar-refractivity contribution is 4.76. The fraction of sp³-hybridized carbons (Fsp3) is 1.00. The third-order valence-corrected chi connectivity index (χ3v) is 3.05. The summed E-state index contributed by atoms with van der Waals surface area (Å²) in [7, 11) is 0. The molecule has 102 valence electrons. The van der Waals surface area contributed by atoms with E-state index in [0.29, 0.717) is 12.2 Å². The Balaban J connectivity index is 2.19. The van der Waals surface area contributed by atoms with Crippen LogP contribution >= 0.6 is 0 Å². The molecule has 0 aromatic carbocycles. The number of hydrogen-bond donors (Lipinski definition) is 1. The van der Waals surface area contributed by atoms with Gasteiger partial charge in [0.05, 0.1) is 17.8 Å². The molecule has 17 heavy (non-hydrogen) atoms. The van der Waals surface area contributed by atoms with E-state index in [9.17, 15) is 0 Å². The topological polar surface area (TPSA) is 44.5 Å². The molecule has 2 N–H and O–H groups in total. The molecule has 1 saturated carbocycles. The predicted molar refractivity (Wildman–Crippen MR) is 71.1 cm³/mol. The first kappa shape index (κ1) is 14.9. The Bertz CT molecular complexity index is 201. The Labute approximate surface area is 106 Å². The van der Waals surface area contributed by atoms with Crippen LogP contribution in [-0.4, -0.2) is 31.0 Å². The lowest BCUT2D eigenvalue weighted by atomic mass is 9.94. The summed E-state index contributed by atoms with van der Waals surface area (Å²) in [5, 5.41) is 0. The second-order valence-corrected chi connectivity index (χ2v) is 6.01. The molecule has 0 aromatic heterocycles. The molecule has 0 radical (unpaired) electrons. The van der Waals surface area contributed by atoms with Crippen LogP contribution < -0.4 is 5.73 Å². The lowest BCUT2D eigenvalue weighted by molar-refractivity contribution is -0.103. The van der Waals surface area contributed by atoms with Crippen molar-refractivity contribution >= 4 is 0 Å². The van der Waals surface area contributed by atoms with Crippen molar-refractivity contribution in [3.8, 4) is 0 Å². The highest BCUT2D eigenvalue weighted by atomic mass is 16.5. The van der Waals surface area contributed by atoms with Crippen LogP contribution in [-0.2, 0) is 9.47 Å². The number of nitrogens with two attached hydrogens (primary N) is 1. The summed E-state index contributed by atoms with van der Waals surface area (Å²) in [4.78, 5) is 0. The van der Waals surface area contributed by atoms with Crippen molar-refractivity contribution in [3.63, 3.8) is 0 Å². The summed E-state index contributed by atoms with van der Waals surface area (Å²) in [6, 6.07) is 0. The third kappa shape index (κ3) is 7.02. The van der Waals surface area contributed by atoms with Gasteiger partial charge in [0.25, 0.3) is 0 Å². The van der Waals surface area contributed by atoms with Gasteiger partial charge in [0.1, 0.15) is 0 Å². The van der Waals surface area contributed by atoms with Crippen LogP contribution in [0.1, 0.15) is 59.3 Å². The first-order chi connectivity index (χ1) is 8.01. The van der Waals surface area contributed by atoms with Gasteiger partial charge in [-0.05, 0) is 65.8 Å². The summed E-state index contributed by atoms with van der Waals surface area (Å²) in [6.45, 7) is 7.99. The Morgan fingerprint density at radius 3 is 2.47 bits per heavy atom. The summed E-state index contributed by atoms with van der Waals surface area (Å²) >= 11 is 0. The molecule has 0 heterocycles. The van der Waals surface area contributed by atoms with Gasteiger partial charge in [-0.1, -0.05) is 0 Å². The molecule has 0 saturated heterocycles. The van der Waals surface area contributed by atoms with E-state index >= 15 is 0 Å². The number of ether oxygens (including phenoxy) is 2. The monoisotopic (exact) mass is 243 g/mol. The lowest BCUT2D eigenvalue weighted by Gasteiger charge is -2.34. The molecular formula is C14H29NO2. The van der Waals surface area contributed by atoms with E-state index in [1.54, 1.807) is 0 Å². The maximum absolute atomic E-state index is 6.04. The highest BCUT2D eigenvalue weighted by Crippen LogP contribution is 2.26. The van der Waals surface area contributed by atoms with Crippen LogP contribution in [0.15, 0.2) is 0 Å². The standard InChI is InChI=1S/C14H29NO2/c1-14(2,3)17-13-8-6-7-12(11-13)16-10-5-4-9-15/h12-13H,4-11,15H2,1-3H3. The highest BCUT2D eigenvalue weighted by Gasteiger charge is 2.26. The Morgan fingerprint density at radius 1 is 1.12 bits per heavy atom. The first-order valence-corrected chi connectivity index (χ1v) is 7.01. The summed E-state index contributed by atoms with van der Waals surface area (Å²) < 4.78 is 11.9.